The van der Waals surface area contributed by atoms with Crippen LogP contribution in [0, 0.1) is 35.0 Å². The molecule has 4 heteroatoms. The molecule has 0 aromatic heterocycles. The van der Waals surface area contributed by atoms with E-state index in [1.807, 2.05) is 0 Å². The maximum absolute atomic E-state index is 12.3. The monoisotopic (exact) mass is 356 g/mol. The summed E-state index contributed by atoms with van der Waals surface area (Å²) in [5.41, 5.74) is 0.993. The van der Waals surface area contributed by atoms with E-state index < -0.39 is 0 Å². The first kappa shape index (κ1) is 17.7. The lowest BCUT2D eigenvalue weighted by atomic mass is 9.51. The lowest BCUT2D eigenvalue weighted by molar-refractivity contribution is -0.164. The van der Waals surface area contributed by atoms with Crippen molar-refractivity contribution in [3.63, 3.8) is 0 Å². The summed E-state index contributed by atoms with van der Waals surface area (Å²) in [7, 11) is 0. The van der Waals surface area contributed by atoms with Crippen LogP contribution in [0.1, 0.15) is 52.9 Å². The van der Waals surface area contributed by atoms with Crippen LogP contribution in [0.5, 0.6) is 0 Å². The first-order chi connectivity index (χ1) is 12.3. The first-order valence-electron chi connectivity index (χ1n) is 9.91. The van der Waals surface area contributed by atoms with Gasteiger partial charge in [0.05, 0.1) is 0 Å². The molecule has 0 spiro atoms. The van der Waals surface area contributed by atoms with Crippen LogP contribution in [-0.2, 0) is 19.1 Å². The molecule has 0 N–H and O–H groups in total. The molecule has 140 valence electrons. The predicted molar refractivity (Wildman–Crippen MR) is 97.1 cm³/mol. The summed E-state index contributed by atoms with van der Waals surface area (Å²) in [5, 5.41) is 0. The molecule has 7 atom stereocenters. The Morgan fingerprint density at radius 2 is 1.96 bits per heavy atom. The van der Waals surface area contributed by atoms with E-state index in [-0.39, 0.29) is 46.8 Å². The molecule has 2 saturated carbocycles. The molecule has 0 heterocycles. The zero-order chi connectivity index (χ0) is 18.6. The van der Waals surface area contributed by atoms with E-state index >= 15 is 0 Å². The molecule has 2 fully saturated rings. The highest BCUT2D eigenvalue weighted by Gasteiger charge is 2.60. The SMILES string of the molecule is CC(=O)O[C@H]1C[C@@]2(C)C(CC[C@@H]2C(C)=O)[C@@H]2C=CC3=CC(=O)CCC3[C@H]12. The second-order valence-electron chi connectivity index (χ2n) is 8.97. The second kappa shape index (κ2) is 6.17. The molecule has 2 unspecified atom stereocenters. The van der Waals surface area contributed by atoms with E-state index in [0.717, 1.165) is 31.3 Å². The second-order valence-corrected chi connectivity index (χ2v) is 8.97. The minimum atomic E-state index is -0.250. The fourth-order valence-electron chi connectivity index (χ4n) is 6.70. The number of Topliss-reactive ketones (excluding diaryl/α,β-unsaturated/α-hetero) is 1. The molecule has 4 aliphatic carbocycles. The van der Waals surface area contributed by atoms with Crippen molar-refractivity contribution in [2.75, 3.05) is 0 Å². The van der Waals surface area contributed by atoms with Gasteiger partial charge >= 0.3 is 5.97 Å². The van der Waals surface area contributed by atoms with Crippen molar-refractivity contribution in [1.29, 1.82) is 0 Å². The maximum atomic E-state index is 12.3. The lowest BCUT2D eigenvalue weighted by Gasteiger charge is -2.54. The molecule has 0 saturated heterocycles. The molecular weight excluding hydrogens is 328 g/mol. The van der Waals surface area contributed by atoms with Gasteiger partial charge in [0.1, 0.15) is 11.9 Å². The van der Waals surface area contributed by atoms with Crippen LogP contribution >= 0.6 is 0 Å². The Morgan fingerprint density at radius 1 is 1.19 bits per heavy atom. The Balaban J connectivity index is 1.76. The highest BCUT2D eigenvalue weighted by Crippen LogP contribution is 2.63. The van der Waals surface area contributed by atoms with Crippen LogP contribution in [0.3, 0.4) is 0 Å². The number of carbonyl (C=O) groups is 3. The van der Waals surface area contributed by atoms with Crippen LogP contribution in [0.2, 0.25) is 0 Å². The van der Waals surface area contributed by atoms with Gasteiger partial charge < -0.3 is 4.74 Å². The third-order valence-corrected chi connectivity index (χ3v) is 7.63. The van der Waals surface area contributed by atoms with Crippen LogP contribution in [-0.4, -0.2) is 23.6 Å². The molecule has 4 aliphatic rings. The maximum Gasteiger partial charge on any atom is 0.302 e. The average Bonchev–Trinajstić information content (AvgIpc) is 2.90. The average molecular weight is 356 g/mol. The molecule has 4 rings (SSSR count). The van der Waals surface area contributed by atoms with Gasteiger partial charge in [-0.05, 0) is 67.4 Å². The number of allylic oxidation sites excluding steroid dienone is 4. The van der Waals surface area contributed by atoms with Gasteiger partial charge in [0.2, 0.25) is 0 Å². The minimum Gasteiger partial charge on any atom is -0.462 e. The van der Waals surface area contributed by atoms with Gasteiger partial charge in [0, 0.05) is 25.2 Å². The summed E-state index contributed by atoms with van der Waals surface area (Å²) in [6, 6.07) is 0. The standard InChI is InChI=1S/C22H28O4/c1-12(23)18-8-9-19-17-6-4-14-10-15(25)5-7-16(14)21(17)20(26-13(2)24)11-22(18,19)3/h4,6,10,16-21H,5,7-9,11H2,1-3H3/t16?,17-,18+,19?,20-,21-,22+/m0/s1. The van der Waals surface area contributed by atoms with Gasteiger partial charge in [-0.2, -0.15) is 0 Å². The highest BCUT2D eigenvalue weighted by molar-refractivity contribution is 5.92. The Labute approximate surface area is 155 Å². The molecule has 0 amide bonds. The molecule has 0 aromatic carbocycles. The van der Waals surface area contributed by atoms with Crippen molar-refractivity contribution in [3.05, 3.63) is 23.8 Å². The molecule has 4 nitrogen and oxygen atoms in total. The summed E-state index contributed by atoms with van der Waals surface area (Å²) >= 11 is 0. The van der Waals surface area contributed by atoms with Crippen LogP contribution < -0.4 is 0 Å². The number of rotatable bonds is 2. The fourth-order valence-corrected chi connectivity index (χ4v) is 6.70. The molecule has 26 heavy (non-hydrogen) atoms. The quantitative estimate of drug-likeness (QED) is 0.709. The van der Waals surface area contributed by atoms with Crippen LogP contribution in [0.4, 0.5) is 0 Å². The van der Waals surface area contributed by atoms with Gasteiger partial charge in [-0.25, -0.2) is 0 Å². The zero-order valence-corrected chi connectivity index (χ0v) is 15.9. The van der Waals surface area contributed by atoms with E-state index in [4.69, 9.17) is 4.74 Å². The van der Waals surface area contributed by atoms with Crippen LogP contribution in [0.25, 0.3) is 0 Å². The molecule has 0 aliphatic heterocycles. The molecule has 0 aromatic rings. The van der Waals surface area contributed by atoms with E-state index in [1.165, 1.54) is 6.92 Å². The lowest BCUT2D eigenvalue weighted by Crippen LogP contribution is -2.53. The van der Waals surface area contributed by atoms with Gasteiger partial charge in [-0.1, -0.05) is 19.1 Å². The molecule has 0 bridgehead atoms. The number of hydrogen-bond acceptors (Lipinski definition) is 4. The van der Waals surface area contributed by atoms with Gasteiger partial charge in [0.15, 0.2) is 5.78 Å². The van der Waals surface area contributed by atoms with E-state index in [1.54, 1.807) is 13.0 Å². The smallest absolute Gasteiger partial charge is 0.302 e. The summed E-state index contributed by atoms with van der Waals surface area (Å²) in [6.07, 6.45) is 10.2. The van der Waals surface area contributed by atoms with E-state index in [0.29, 0.717) is 18.3 Å². The van der Waals surface area contributed by atoms with Crippen molar-refractivity contribution in [2.45, 2.75) is 59.0 Å². The number of fused-ring (bicyclic) bond motifs is 5. The van der Waals surface area contributed by atoms with Crippen molar-refractivity contribution in [1.82, 2.24) is 0 Å². The van der Waals surface area contributed by atoms with E-state index in [2.05, 4.69) is 19.1 Å². The van der Waals surface area contributed by atoms with Gasteiger partial charge in [-0.15, -0.1) is 0 Å². The van der Waals surface area contributed by atoms with Gasteiger partial charge in [0.25, 0.3) is 0 Å². The highest BCUT2D eigenvalue weighted by atomic mass is 16.5. The molecule has 0 radical (unpaired) electrons. The summed E-state index contributed by atoms with van der Waals surface area (Å²) in [4.78, 5) is 36.0. The third-order valence-electron chi connectivity index (χ3n) is 7.63. The third kappa shape index (κ3) is 2.60. The number of esters is 1. The number of hydrogen-bond donors (Lipinski definition) is 0. The number of carbonyl (C=O) groups excluding carboxylic acids is 3. The van der Waals surface area contributed by atoms with Crippen molar-refractivity contribution >= 4 is 17.5 Å². The van der Waals surface area contributed by atoms with Crippen molar-refractivity contribution < 1.29 is 19.1 Å². The zero-order valence-electron chi connectivity index (χ0n) is 15.9. The Hall–Kier alpha value is -1.71. The van der Waals surface area contributed by atoms with Gasteiger partial charge in [-0.3, -0.25) is 14.4 Å². The Kier molecular flexibility index (Phi) is 4.20. The Morgan fingerprint density at radius 3 is 2.65 bits per heavy atom. The number of ketones is 2. The van der Waals surface area contributed by atoms with Crippen molar-refractivity contribution in [2.24, 2.45) is 35.0 Å². The number of ether oxygens (including phenoxy) is 1. The largest absolute Gasteiger partial charge is 0.462 e. The van der Waals surface area contributed by atoms with E-state index in [9.17, 15) is 14.4 Å². The summed E-state index contributed by atoms with van der Waals surface area (Å²) in [6.45, 7) is 5.41. The summed E-state index contributed by atoms with van der Waals surface area (Å²) in [5.74, 6) is 1.55. The van der Waals surface area contributed by atoms with Crippen molar-refractivity contribution in [3.8, 4) is 0 Å². The fraction of sp³-hybridized carbons (Fsp3) is 0.682. The minimum absolute atomic E-state index is 0.0600. The topological polar surface area (TPSA) is 60.4 Å². The molecular formula is C22H28O4. The normalized spacial score (nSPS) is 43.8. The Bertz CT molecular complexity index is 718. The summed E-state index contributed by atoms with van der Waals surface area (Å²) < 4.78 is 5.84. The van der Waals surface area contributed by atoms with Crippen LogP contribution in [0.15, 0.2) is 23.8 Å². The first-order valence-corrected chi connectivity index (χ1v) is 9.91. The predicted octanol–water partition coefficient (Wildman–Crippen LogP) is 3.65.